The molecule has 1 fully saturated rings. The van der Waals surface area contributed by atoms with Crippen molar-refractivity contribution in [2.24, 2.45) is 5.92 Å². The molecule has 0 saturated carbocycles. The van der Waals surface area contributed by atoms with Gasteiger partial charge < -0.3 is 5.11 Å². The Morgan fingerprint density at radius 3 is 2.32 bits per heavy atom. The first-order valence-electron chi connectivity index (χ1n) is 6.11. The standard InChI is InChI=1S/C14H15NO4/c1-9-6-12(16)15(14(9)19)8-11-4-2-10(3-5-11)7-13(17)18/h2-5,9H,6-8H2,1H3,(H,17,18). The molecule has 0 radical (unpaired) electrons. The van der Waals surface area contributed by atoms with Crippen molar-refractivity contribution in [2.75, 3.05) is 0 Å². The van der Waals surface area contributed by atoms with E-state index < -0.39 is 5.97 Å². The fourth-order valence-electron chi connectivity index (χ4n) is 2.13. The first-order valence-corrected chi connectivity index (χ1v) is 6.11. The number of aliphatic carboxylic acids is 1. The van der Waals surface area contributed by atoms with Gasteiger partial charge in [0.25, 0.3) is 0 Å². The molecule has 1 saturated heterocycles. The zero-order valence-corrected chi connectivity index (χ0v) is 10.6. The van der Waals surface area contributed by atoms with E-state index >= 15 is 0 Å². The maximum Gasteiger partial charge on any atom is 0.307 e. The minimum Gasteiger partial charge on any atom is -0.481 e. The van der Waals surface area contributed by atoms with Crippen molar-refractivity contribution < 1.29 is 19.5 Å². The summed E-state index contributed by atoms with van der Waals surface area (Å²) < 4.78 is 0. The smallest absolute Gasteiger partial charge is 0.307 e. The van der Waals surface area contributed by atoms with Crippen LogP contribution in [0.2, 0.25) is 0 Å². The van der Waals surface area contributed by atoms with Crippen LogP contribution in [0.5, 0.6) is 0 Å². The summed E-state index contributed by atoms with van der Waals surface area (Å²) in [6.07, 6.45) is 0.245. The lowest BCUT2D eigenvalue weighted by Gasteiger charge is -2.14. The van der Waals surface area contributed by atoms with Gasteiger partial charge in [0, 0.05) is 12.3 Å². The lowest BCUT2D eigenvalue weighted by Crippen LogP contribution is -2.29. The van der Waals surface area contributed by atoms with Gasteiger partial charge >= 0.3 is 5.97 Å². The maximum atomic E-state index is 11.8. The van der Waals surface area contributed by atoms with Crippen LogP contribution in [0.25, 0.3) is 0 Å². The molecule has 1 atom stereocenters. The number of imide groups is 1. The molecule has 1 aromatic rings. The fourth-order valence-corrected chi connectivity index (χ4v) is 2.13. The Morgan fingerprint density at radius 1 is 1.26 bits per heavy atom. The van der Waals surface area contributed by atoms with Gasteiger partial charge in [-0.25, -0.2) is 0 Å². The number of carbonyl (C=O) groups excluding carboxylic acids is 2. The number of carbonyl (C=O) groups is 3. The van der Waals surface area contributed by atoms with Gasteiger partial charge in [-0.15, -0.1) is 0 Å². The van der Waals surface area contributed by atoms with Crippen molar-refractivity contribution in [1.29, 1.82) is 0 Å². The summed E-state index contributed by atoms with van der Waals surface area (Å²) in [5.74, 6) is -1.41. The summed E-state index contributed by atoms with van der Waals surface area (Å²) in [5, 5.41) is 8.67. The summed E-state index contributed by atoms with van der Waals surface area (Å²) in [6.45, 7) is 2.01. The molecule has 19 heavy (non-hydrogen) atoms. The van der Waals surface area contributed by atoms with E-state index in [-0.39, 0.29) is 37.1 Å². The van der Waals surface area contributed by atoms with Crippen LogP contribution in [0, 0.1) is 5.92 Å². The van der Waals surface area contributed by atoms with Gasteiger partial charge in [0.15, 0.2) is 0 Å². The number of rotatable bonds is 4. The van der Waals surface area contributed by atoms with Gasteiger partial charge in [0.05, 0.1) is 13.0 Å². The SMILES string of the molecule is CC1CC(=O)N(Cc2ccc(CC(=O)O)cc2)C1=O. The van der Waals surface area contributed by atoms with E-state index in [0.29, 0.717) is 5.56 Å². The van der Waals surface area contributed by atoms with Crippen molar-refractivity contribution in [3.8, 4) is 0 Å². The minimum atomic E-state index is -0.883. The van der Waals surface area contributed by atoms with E-state index in [2.05, 4.69) is 0 Å². The zero-order valence-electron chi connectivity index (χ0n) is 10.6. The van der Waals surface area contributed by atoms with Crippen molar-refractivity contribution in [3.63, 3.8) is 0 Å². The fraction of sp³-hybridized carbons (Fsp3) is 0.357. The lowest BCUT2D eigenvalue weighted by molar-refractivity contribution is -0.140. The number of likely N-dealkylation sites (tertiary alicyclic amines) is 1. The van der Waals surface area contributed by atoms with Crippen molar-refractivity contribution in [1.82, 2.24) is 4.90 Å². The largest absolute Gasteiger partial charge is 0.481 e. The molecule has 5 nitrogen and oxygen atoms in total. The molecule has 100 valence electrons. The van der Waals surface area contributed by atoms with Crippen LogP contribution >= 0.6 is 0 Å². The highest BCUT2D eigenvalue weighted by Gasteiger charge is 2.35. The molecular weight excluding hydrogens is 246 g/mol. The number of carboxylic acids is 1. The predicted octanol–water partition coefficient (Wildman–Crippen LogP) is 1.21. The summed E-state index contributed by atoms with van der Waals surface area (Å²) in [7, 11) is 0. The highest BCUT2D eigenvalue weighted by Crippen LogP contribution is 2.21. The molecular formula is C14H15NO4. The number of amides is 2. The number of nitrogens with zero attached hydrogens (tertiary/aromatic N) is 1. The molecule has 1 N–H and O–H groups in total. The molecule has 1 aliphatic heterocycles. The van der Waals surface area contributed by atoms with Gasteiger partial charge in [-0.1, -0.05) is 31.2 Å². The summed E-state index contributed by atoms with van der Waals surface area (Å²) >= 11 is 0. The number of benzene rings is 1. The van der Waals surface area contributed by atoms with Crippen LogP contribution in [0.15, 0.2) is 24.3 Å². The second kappa shape index (κ2) is 5.22. The monoisotopic (exact) mass is 261 g/mol. The van der Waals surface area contributed by atoms with E-state index in [9.17, 15) is 14.4 Å². The van der Waals surface area contributed by atoms with E-state index in [1.165, 1.54) is 4.90 Å². The quantitative estimate of drug-likeness (QED) is 0.827. The van der Waals surface area contributed by atoms with Crippen molar-refractivity contribution in [2.45, 2.75) is 26.3 Å². The van der Waals surface area contributed by atoms with Gasteiger partial charge in [0.1, 0.15) is 0 Å². The van der Waals surface area contributed by atoms with Crippen LogP contribution in [0.1, 0.15) is 24.5 Å². The van der Waals surface area contributed by atoms with Gasteiger partial charge in [-0.2, -0.15) is 0 Å². The molecule has 1 aromatic carbocycles. The highest BCUT2D eigenvalue weighted by molar-refractivity contribution is 6.03. The van der Waals surface area contributed by atoms with Crippen LogP contribution in [0.4, 0.5) is 0 Å². The third-order valence-electron chi connectivity index (χ3n) is 3.19. The summed E-state index contributed by atoms with van der Waals surface area (Å²) in [5.41, 5.74) is 1.52. The Morgan fingerprint density at radius 2 is 1.84 bits per heavy atom. The van der Waals surface area contributed by atoms with Crippen LogP contribution < -0.4 is 0 Å². The molecule has 0 bridgehead atoms. The Hall–Kier alpha value is -2.17. The molecule has 1 aliphatic rings. The second-order valence-electron chi connectivity index (χ2n) is 4.81. The summed E-state index contributed by atoms with van der Waals surface area (Å²) in [6, 6.07) is 6.92. The maximum absolute atomic E-state index is 11.8. The molecule has 0 aromatic heterocycles. The molecule has 1 unspecified atom stereocenters. The Labute approximate surface area is 110 Å². The normalized spacial score (nSPS) is 19.0. The first-order chi connectivity index (χ1) is 8.97. The number of carboxylic acid groups (broad SMARTS) is 1. The van der Waals surface area contributed by atoms with E-state index in [1.807, 2.05) is 0 Å². The van der Waals surface area contributed by atoms with E-state index in [0.717, 1.165) is 5.56 Å². The third-order valence-corrected chi connectivity index (χ3v) is 3.19. The van der Waals surface area contributed by atoms with Gasteiger partial charge in [-0.05, 0) is 11.1 Å². The van der Waals surface area contributed by atoms with Crippen LogP contribution in [-0.4, -0.2) is 27.8 Å². The number of hydrogen-bond acceptors (Lipinski definition) is 3. The average molecular weight is 261 g/mol. The van der Waals surface area contributed by atoms with Gasteiger partial charge in [-0.3, -0.25) is 19.3 Å². The Kier molecular flexibility index (Phi) is 3.64. The summed E-state index contributed by atoms with van der Waals surface area (Å²) in [4.78, 5) is 35.2. The van der Waals surface area contributed by atoms with E-state index in [1.54, 1.807) is 31.2 Å². The zero-order chi connectivity index (χ0) is 14.0. The molecule has 5 heteroatoms. The van der Waals surface area contributed by atoms with Crippen LogP contribution in [0.3, 0.4) is 0 Å². The molecule has 0 aliphatic carbocycles. The average Bonchev–Trinajstić information content (AvgIpc) is 2.58. The van der Waals surface area contributed by atoms with Crippen molar-refractivity contribution in [3.05, 3.63) is 35.4 Å². The van der Waals surface area contributed by atoms with Gasteiger partial charge in [0.2, 0.25) is 11.8 Å². The minimum absolute atomic E-state index is 0.0289. The number of hydrogen-bond donors (Lipinski definition) is 1. The predicted molar refractivity (Wildman–Crippen MR) is 67.1 cm³/mol. The molecule has 0 spiro atoms. The first kappa shape index (κ1) is 13.3. The highest BCUT2D eigenvalue weighted by atomic mass is 16.4. The Balaban J connectivity index is 2.05. The van der Waals surface area contributed by atoms with E-state index in [4.69, 9.17) is 5.11 Å². The molecule has 1 heterocycles. The third kappa shape index (κ3) is 2.99. The molecule has 2 rings (SSSR count). The Bertz CT molecular complexity index is 521. The topological polar surface area (TPSA) is 74.7 Å². The molecule has 2 amide bonds. The van der Waals surface area contributed by atoms with Crippen LogP contribution in [-0.2, 0) is 27.3 Å². The van der Waals surface area contributed by atoms with Crippen molar-refractivity contribution >= 4 is 17.8 Å². The lowest BCUT2D eigenvalue weighted by atomic mass is 10.1. The second-order valence-corrected chi connectivity index (χ2v) is 4.81.